The van der Waals surface area contributed by atoms with E-state index in [9.17, 15) is 14.4 Å². The van der Waals surface area contributed by atoms with Crippen LogP contribution in [0.5, 0.6) is 0 Å². The summed E-state index contributed by atoms with van der Waals surface area (Å²) in [5.74, 6) is -0.708. The number of carbonyl (C=O) groups excluding carboxylic acids is 3. The van der Waals surface area contributed by atoms with Gasteiger partial charge in [-0.25, -0.2) is 9.97 Å². The number of amides is 2. The van der Waals surface area contributed by atoms with Gasteiger partial charge in [-0.1, -0.05) is 0 Å². The Balaban J connectivity index is 2.76. The maximum Gasteiger partial charge on any atom is 0.270 e. The van der Waals surface area contributed by atoms with Crippen LogP contribution in [0.25, 0.3) is 0 Å². The minimum Gasteiger partial charge on any atom is -0.368 e. The van der Waals surface area contributed by atoms with Gasteiger partial charge in [-0.3, -0.25) is 19.4 Å². The summed E-state index contributed by atoms with van der Waals surface area (Å²) in [4.78, 5) is 46.2. The molecule has 1 atom stereocenters. The Bertz CT molecular complexity index is 726. The van der Waals surface area contributed by atoms with E-state index in [1.807, 2.05) is 0 Å². The molecule has 4 N–H and O–H groups in total. The molecule has 9 heteroatoms. The second-order valence-electron chi connectivity index (χ2n) is 5.44. The summed E-state index contributed by atoms with van der Waals surface area (Å²) < 4.78 is 0. The van der Waals surface area contributed by atoms with Crippen LogP contribution in [0.1, 0.15) is 38.2 Å². The monoisotopic (exact) mass is 346 g/mol. The molecule has 9 nitrogen and oxygen atoms in total. The maximum absolute atomic E-state index is 12.3. The normalized spacial score (nSPS) is 13.1. The van der Waals surface area contributed by atoms with E-state index in [-0.39, 0.29) is 24.1 Å². The van der Waals surface area contributed by atoms with E-state index >= 15 is 0 Å². The topological polar surface area (TPSA) is 139 Å². The number of rotatable bonds is 8. The standard InChI is InChI=1S/C16H22N6O3/c1-9(12(4)23)6-18-10(2)11(3)22-16(25)13-5-15(21-8-20-13)19-7-14(17)24/h5-6,8,11H,7H2,1-4H3,(H2,17,24)(H,22,25)(H,19,20,21)/b9-6+,18-10?. The van der Waals surface area contributed by atoms with Gasteiger partial charge in [0.1, 0.15) is 17.8 Å². The van der Waals surface area contributed by atoms with Gasteiger partial charge in [0.25, 0.3) is 5.91 Å². The van der Waals surface area contributed by atoms with Crippen molar-refractivity contribution in [1.29, 1.82) is 0 Å². The van der Waals surface area contributed by atoms with Gasteiger partial charge in [0.15, 0.2) is 5.78 Å². The van der Waals surface area contributed by atoms with Crippen LogP contribution < -0.4 is 16.4 Å². The van der Waals surface area contributed by atoms with Crippen LogP contribution in [0.4, 0.5) is 5.82 Å². The number of nitrogens with zero attached hydrogens (tertiary/aromatic N) is 3. The Kier molecular flexibility index (Phi) is 7.39. The molecule has 1 aromatic heterocycles. The number of aliphatic imine (C=N–C) groups is 1. The number of hydrogen-bond donors (Lipinski definition) is 3. The minimum atomic E-state index is -0.543. The predicted octanol–water partition coefficient (Wildman–Crippen LogP) is 0.446. The molecule has 1 heterocycles. The Morgan fingerprint density at radius 1 is 1.28 bits per heavy atom. The second-order valence-corrected chi connectivity index (χ2v) is 5.44. The van der Waals surface area contributed by atoms with Crippen molar-refractivity contribution in [1.82, 2.24) is 15.3 Å². The van der Waals surface area contributed by atoms with Gasteiger partial charge in [-0.05, 0) is 27.7 Å². The summed E-state index contributed by atoms with van der Waals surface area (Å²) in [7, 11) is 0. The molecule has 0 saturated heterocycles. The highest BCUT2D eigenvalue weighted by Gasteiger charge is 2.14. The lowest BCUT2D eigenvalue weighted by atomic mass is 10.2. The number of nitrogens with one attached hydrogen (secondary N) is 2. The number of Topliss-reactive ketones (excluding diaryl/α,β-unsaturated/α-hetero) is 1. The van der Waals surface area contributed by atoms with Crippen molar-refractivity contribution in [2.45, 2.75) is 33.7 Å². The van der Waals surface area contributed by atoms with Crippen LogP contribution in [-0.2, 0) is 9.59 Å². The summed E-state index contributed by atoms with van der Waals surface area (Å²) in [5, 5.41) is 5.44. The molecule has 0 bridgehead atoms. The third-order valence-corrected chi connectivity index (χ3v) is 3.33. The van der Waals surface area contributed by atoms with Crippen LogP contribution in [0.15, 0.2) is 29.2 Å². The summed E-state index contributed by atoms with van der Waals surface area (Å²) in [6, 6.07) is 1.05. The largest absolute Gasteiger partial charge is 0.368 e. The average molecular weight is 346 g/mol. The predicted molar refractivity (Wildman–Crippen MR) is 94.2 cm³/mol. The molecule has 1 aromatic rings. The lowest BCUT2D eigenvalue weighted by Crippen LogP contribution is -2.37. The van der Waals surface area contributed by atoms with Crippen molar-refractivity contribution < 1.29 is 14.4 Å². The Morgan fingerprint density at radius 3 is 2.56 bits per heavy atom. The molecule has 1 unspecified atom stereocenters. The highest BCUT2D eigenvalue weighted by molar-refractivity contribution is 5.98. The number of aromatic nitrogens is 2. The fourth-order valence-electron chi connectivity index (χ4n) is 1.53. The van der Waals surface area contributed by atoms with Crippen LogP contribution in [0, 0.1) is 0 Å². The van der Waals surface area contributed by atoms with Gasteiger partial charge in [0, 0.05) is 23.6 Å². The van der Waals surface area contributed by atoms with Crippen molar-refractivity contribution in [3.63, 3.8) is 0 Å². The van der Waals surface area contributed by atoms with Crippen molar-refractivity contribution in [3.05, 3.63) is 29.9 Å². The van der Waals surface area contributed by atoms with E-state index < -0.39 is 11.8 Å². The second kappa shape index (κ2) is 9.26. The molecular formula is C16H22N6O3. The number of anilines is 1. The van der Waals surface area contributed by atoms with Crippen molar-refractivity contribution in [2.24, 2.45) is 10.7 Å². The van der Waals surface area contributed by atoms with Gasteiger partial charge >= 0.3 is 0 Å². The first-order valence-electron chi connectivity index (χ1n) is 7.57. The third kappa shape index (κ3) is 6.90. The fourth-order valence-corrected chi connectivity index (χ4v) is 1.53. The van der Waals surface area contributed by atoms with E-state index in [1.165, 1.54) is 25.5 Å². The lowest BCUT2D eigenvalue weighted by molar-refractivity contribution is -0.116. The van der Waals surface area contributed by atoms with Gasteiger partial charge in [0.05, 0.1) is 12.6 Å². The first kappa shape index (κ1) is 19.9. The molecular weight excluding hydrogens is 324 g/mol. The van der Waals surface area contributed by atoms with E-state index in [2.05, 4.69) is 25.6 Å². The number of carbonyl (C=O) groups is 3. The average Bonchev–Trinajstić information content (AvgIpc) is 2.57. The number of primary amides is 1. The Morgan fingerprint density at radius 2 is 1.96 bits per heavy atom. The highest BCUT2D eigenvalue weighted by Crippen LogP contribution is 2.04. The third-order valence-electron chi connectivity index (χ3n) is 3.33. The van der Waals surface area contributed by atoms with Crippen molar-refractivity contribution >= 4 is 29.1 Å². The smallest absolute Gasteiger partial charge is 0.270 e. The summed E-state index contributed by atoms with van der Waals surface area (Å²) in [5.41, 5.74) is 6.34. The molecule has 0 aliphatic carbocycles. The zero-order valence-electron chi connectivity index (χ0n) is 14.7. The summed E-state index contributed by atoms with van der Waals surface area (Å²) in [6.07, 6.45) is 2.68. The molecule has 0 aliphatic rings. The SMILES string of the molecule is CC(=O)/C(C)=C/N=C(C)C(C)NC(=O)c1cc(NCC(N)=O)ncn1. The first-order valence-corrected chi connectivity index (χ1v) is 7.57. The number of ketones is 1. The molecule has 0 aromatic carbocycles. The first-order chi connectivity index (χ1) is 11.7. The van der Waals surface area contributed by atoms with E-state index in [4.69, 9.17) is 5.73 Å². The van der Waals surface area contributed by atoms with Crippen LogP contribution in [0.3, 0.4) is 0 Å². The lowest BCUT2D eigenvalue weighted by Gasteiger charge is -2.13. The molecule has 0 radical (unpaired) electrons. The molecule has 134 valence electrons. The fraction of sp³-hybridized carbons (Fsp3) is 0.375. The summed E-state index contributed by atoms with van der Waals surface area (Å²) in [6.45, 7) is 6.54. The molecule has 1 rings (SSSR count). The summed E-state index contributed by atoms with van der Waals surface area (Å²) >= 11 is 0. The number of nitrogens with two attached hydrogens (primary N) is 1. The van der Waals surface area contributed by atoms with Crippen LogP contribution >= 0.6 is 0 Å². The zero-order chi connectivity index (χ0) is 19.0. The minimum absolute atomic E-state index is 0.0646. The van der Waals surface area contributed by atoms with Gasteiger partial charge in [0.2, 0.25) is 5.91 Å². The zero-order valence-corrected chi connectivity index (χ0v) is 14.7. The van der Waals surface area contributed by atoms with Crippen molar-refractivity contribution in [3.8, 4) is 0 Å². The molecule has 0 spiro atoms. The van der Waals surface area contributed by atoms with Crippen LogP contribution in [-0.4, -0.2) is 45.9 Å². The molecule has 0 saturated carbocycles. The Hall–Kier alpha value is -3.10. The number of hydrogen-bond acceptors (Lipinski definition) is 7. The molecule has 0 aliphatic heterocycles. The molecule has 2 amide bonds. The van der Waals surface area contributed by atoms with E-state index in [0.29, 0.717) is 17.1 Å². The van der Waals surface area contributed by atoms with E-state index in [0.717, 1.165) is 0 Å². The number of allylic oxidation sites excluding steroid dienone is 1. The van der Waals surface area contributed by atoms with Crippen molar-refractivity contribution in [2.75, 3.05) is 11.9 Å². The van der Waals surface area contributed by atoms with Gasteiger partial charge in [-0.15, -0.1) is 0 Å². The highest BCUT2D eigenvalue weighted by atomic mass is 16.2. The van der Waals surface area contributed by atoms with Crippen LogP contribution in [0.2, 0.25) is 0 Å². The Labute approximate surface area is 145 Å². The van der Waals surface area contributed by atoms with Gasteiger partial charge < -0.3 is 16.4 Å². The quantitative estimate of drug-likeness (QED) is 0.461. The maximum atomic E-state index is 12.3. The van der Waals surface area contributed by atoms with E-state index in [1.54, 1.807) is 20.8 Å². The molecule has 0 fully saturated rings. The molecule has 25 heavy (non-hydrogen) atoms. The van der Waals surface area contributed by atoms with Gasteiger partial charge in [-0.2, -0.15) is 0 Å².